The zero-order valence-corrected chi connectivity index (χ0v) is 8.84. The van der Waals surface area contributed by atoms with Crippen molar-refractivity contribution in [3.05, 3.63) is 0 Å². The lowest BCUT2D eigenvalue weighted by Crippen LogP contribution is -2.43. The molecule has 0 aromatic rings. The monoisotopic (exact) mass is 197 g/mol. The molecule has 1 aliphatic carbocycles. The van der Waals surface area contributed by atoms with Crippen molar-refractivity contribution in [3.63, 3.8) is 0 Å². The summed E-state index contributed by atoms with van der Waals surface area (Å²) < 4.78 is 4.96. The first-order chi connectivity index (χ1) is 6.77. The van der Waals surface area contributed by atoms with Crippen LogP contribution in [0.4, 0.5) is 0 Å². The van der Waals surface area contributed by atoms with Gasteiger partial charge in [0.15, 0.2) is 0 Å². The summed E-state index contributed by atoms with van der Waals surface area (Å²) in [5.74, 6) is 0.818. The van der Waals surface area contributed by atoms with Gasteiger partial charge in [0.05, 0.1) is 12.5 Å². The molecule has 0 amide bonds. The Morgan fingerprint density at radius 1 is 1.43 bits per heavy atom. The van der Waals surface area contributed by atoms with E-state index in [9.17, 15) is 4.79 Å². The van der Waals surface area contributed by atoms with Gasteiger partial charge in [0.25, 0.3) is 0 Å². The van der Waals surface area contributed by atoms with Gasteiger partial charge in [0, 0.05) is 0 Å². The molecule has 0 atom stereocenters. The van der Waals surface area contributed by atoms with Gasteiger partial charge in [-0.1, -0.05) is 12.8 Å². The summed E-state index contributed by atoms with van der Waals surface area (Å²) in [4.78, 5) is 11.8. The molecule has 3 nitrogen and oxygen atoms in total. The highest BCUT2D eigenvalue weighted by Gasteiger charge is 2.44. The highest BCUT2D eigenvalue weighted by atomic mass is 16.5. The van der Waals surface area contributed by atoms with Crippen molar-refractivity contribution in [1.82, 2.24) is 5.32 Å². The molecule has 14 heavy (non-hydrogen) atoms. The standard InChI is InChI=1S/C11H19NO2/c1-14-10(13)11(8-9-2-3-9)4-6-12-7-5-11/h9,12H,2-8H2,1H3. The van der Waals surface area contributed by atoms with E-state index in [2.05, 4.69) is 5.32 Å². The van der Waals surface area contributed by atoms with Crippen molar-refractivity contribution >= 4 is 5.97 Å². The Bertz CT molecular complexity index is 217. The first-order valence-electron chi connectivity index (χ1n) is 5.56. The topological polar surface area (TPSA) is 38.3 Å². The first-order valence-corrected chi connectivity index (χ1v) is 5.56. The number of ether oxygens (including phenoxy) is 1. The van der Waals surface area contributed by atoms with E-state index in [4.69, 9.17) is 4.74 Å². The number of rotatable bonds is 3. The predicted octanol–water partition coefficient (Wildman–Crippen LogP) is 1.33. The molecule has 0 aromatic carbocycles. The maximum absolute atomic E-state index is 11.8. The number of carbonyl (C=O) groups is 1. The molecule has 1 aliphatic heterocycles. The SMILES string of the molecule is COC(=O)C1(CC2CC2)CCNCC1. The van der Waals surface area contributed by atoms with Crippen LogP contribution in [-0.4, -0.2) is 26.2 Å². The molecule has 0 unspecified atom stereocenters. The third-order valence-electron chi connectivity index (χ3n) is 3.56. The number of esters is 1. The highest BCUT2D eigenvalue weighted by molar-refractivity contribution is 5.77. The Hall–Kier alpha value is -0.570. The van der Waals surface area contributed by atoms with Gasteiger partial charge >= 0.3 is 5.97 Å². The van der Waals surface area contributed by atoms with Crippen molar-refractivity contribution in [3.8, 4) is 0 Å². The van der Waals surface area contributed by atoms with Crippen molar-refractivity contribution < 1.29 is 9.53 Å². The van der Waals surface area contributed by atoms with Gasteiger partial charge in [-0.25, -0.2) is 0 Å². The zero-order valence-electron chi connectivity index (χ0n) is 8.84. The average Bonchev–Trinajstić information content (AvgIpc) is 3.02. The van der Waals surface area contributed by atoms with Crippen LogP contribution >= 0.6 is 0 Å². The smallest absolute Gasteiger partial charge is 0.311 e. The molecule has 2 rings (SSSR count). The van der Waals surface area contributed by atoms with Crippen molar-refractivity contribution in [2.24, 2.45) is 11.3 Å². The molecule has 1 heterocycles. The summed E-state index contributed by atoms with van der Waals surface area (Å²) in [6.45, 7) is 1.92. The molecular formula is C11H19NO2. The molecule has 1 saturated carbocycles. The maximum Gasteiger partial charge on any atom is 0.311 e. The molecular weight excluding hydrogens is 178 g/mol. The second-order valence-corrected chi connectivity index (χ2v) is 4.67. The minimum Gasteiger partial charge on any atom is -0.469 e. The number of hydrogen-bond acceptors (Lipinski definition) is 3. The minimum absolute atomic E-state index is 0.0194. The Kier molecular flexibility index (Phi) is 2.77. The maximum atomic E-state index is 11.8. The van der Waals surface area contributed by atoms with E-state index in [1.165, 1.54) is 20.0 Å². The van der Waals surface area contributed by atoms with E-state index in [0.29, 0.717) is 0 Å². The summed E-state index contributed by atoms with van der Waals surface area (Å²) >= 11 is 0. The first kappa shape index (κ1) is 9.97. The lowest BCUT2D eigenvalue weighted by Gasteiger charge is -2.35. The van der Waals surface area contributed by atoms with Gasteiger partial charge in [-0.2, -0.15) is 0 Å². The van der Waals surface area contributed by atoms with E-state index in [1.807, 2.05) is 0 Å². The highest BCUT2D eigenvalue weighted by Crippen LogP contribution is 2.45. The van der Waals surface area contributed by atoms with Gasteiger partial charge in [-0.05, 0) is 38.3 Å². The molecule has 1 saturated heterocycles. The number of piperidine rings is 1. The predicted molar refractivity (Wildman–Crippen MR) is 53.9 cm³/mol. The third-order valence-corrected chi connectivity index (χ3v) is 3.56. The zero-order chi connectivity index (χ0) is 10.0. The second-order valence-electron chi connectivity index (χ2n) is 4.67. The number of nitrogens with one attached hydrogen (secondary N) is 1. The Morgan fingerprint density at radius 2 is 2.07 bits per heavy atom. The molecule has 2 fully saturated rings. The molecule has 0 radical (unpaired) electrons. The van der Waals surface area contributed by atoms with Crippen molar-refractivity contribution in [2.45, 2.75) is 32.1 Å². The van der Waals surface area contributed by atoms with E-state index < -0.39 is 0 Å². The normalized spacial score (nSPS) is 25.8. The van der Waals surface area contributed by atoms with Gasteiger partial charge in [-0.3, -0.25) is 4.79 Å². The molecule has 1 N–H and O–H groups in total. The summed E-state index contributed by atoms with van der Waals surface area (Å²) in [5.41, 5.74) is -0.152. The van der Waals surface area contributed by atoms with E-state index in [0.717, 1.165) is 38.3 Å². The fraction of sp³-hybridized carbons (Fsp3) is 0.909. The quantitative estimate of drug-likeness (QED) is 0.694. The van der Waals surface area contributed by atoms with Gasteiger partial charge in [-0.15, -0.1) is 0 Å². The van der Waals surface area contributed by atoms with Crippen LogP contribution in [0.5, 0.6) is 0 Å². The van der Waals surface area contributed by atoms with Crippen LogP contribution in [-0.2, 0) is 9.53 Å². The molecule has 2 aliphatic rings. The van der Waals surface area contributed by atoms with Crippen LogP contribution in [0.3, 0.4) is 0 Å². The summed E-state index contributed by atoms with van der Waals surface area (Å²) in [6.07, 6.45) is 5.59. The van der Waals surface area contributed by atoms with Crippen LogP contribution in [0.2, 0.25) is 0 Å². The molecule has 0 spiro atoms. The number of methoxy groups -OCH3 is 1. The largest absolute Gasteiger partial charge is 0.469 e. The fourth-order valence-corrected chi connectivity index (χ4v) is 2.49. The Balaban J connectivity index is 2.04. The lowest BCUT2D eigenvalue weighted by atomic mass is 9.75. The van der Waals surface area contributed by atoms with Crippen LogP contribution < -0.4 is 5.32 Å². The lowest BCUT2D eigenvalue weighted by molar-refractivity contribution is -0.155. The summed E-state index contributed by atoms with van der Waals surface area (Å²) in [7, 11) is 1.51. The summed E-state index contributed by atoms with van der Waals surface area (Å²) in [5, 5.41) is 3.30. The van der Waals surface area contributed by atoms with Crippen LogP contribution in [0.15, 0.2) is 0 Å². The summed E-state index contributed by atoms with van der Waals surface area (Å²) in [6, 6.07) is 0. The molecule has 3 heteroatoms. The molecule has 0 bridgehead atoms. The third kappa shape index (κ3) is 1.92. The molecule has 0 aromatic heterocycles. The second kappa shape index (κ2) is 3.89. The van der Waals surface area contributed by atoms with E-state index in [-0.39, 0.29) is 11.4 Å². The Morgan fingerprint density at radius 3 is 2.57 bits per heavy atom. The number of hydrogen-bond donors (Lipinski definition) is 1. The average molecular weight is 197 g/mol. The number of carbonyl (C=O) groups excluding carboxylic acids is 1. The van der Waals surface area contributed by atoms with Gasteiger partial charge < -0.3 is 10.1 Å². The minimum atomic E-state index is -0.152. The van der Waals surface area contributed by atoms with Crippen LogP contribution in [0.25, 0.3) is 0 Å². The fourth-order valence-electron chi connectivity index (χ4n) is 2.49. The van der Waals surface area contributed by atoms with Crippen molar-refractivity contribution in [2.75, 3.05) is 20.2 Å². The van der Waals surface area contributed by atoms with Gasteiger partial charge in [0.1, 0.15) is 0 Å². The van der Waals surface area contributed by atoms with Gasteiger partial charge in [0.2, 0.25) is 0 Å². The van der Waals surface area contributed by atoms with E-state index in [1.54, 1.807) is 0 Å². The van der Waals surface area contributed by atoms with Crippen LogP contribution in [0.1, 0.15) is 32.1 Å². The van der Waals surface area contributed by atoms with Crippen molar-refractivity contribution in [1.29, 1.82) is 0 Å². The van der Waals surface area contributed by atoms with Crippen LogP contribution in [0, 0.1) is 11.3 Å². The van der Waals surface area contributed by atoms with E-state index >= 15 is 0 Å². The Labute approximate surface area is 85.2 Å². The molecule has 80 valence electrons.